The number of aromatic nitrogens is 2. The molecule has 0 radical (unpaired) electrons. The number of piperidine rings is 1. The van der Waals surface area contributed by atoms with Crippen molar-refractivity contribution in [2.75, 3.05) is 26.0 Å². The number of imidazole rings is 1. The van der Waals surface area contributed by atoms with Gasteiger partial charge in [-0.1, -0.05) is 6.92 Å². The van der Waals surface area contributed by atoms with Gasteiger partial charge in [0.15, 0.2) is 0 Å². The maximum absolute atomic E-state index is 12.4. The van der Waals surface area contributed by atoms with Crippen molar-refractivity contribution in [1.29, 1.82) is 0 Å². The first-order valence-electron chi connectivity index (χ1n) is 7.50. The predicted octanol–water partition coefficient (Wildman–Crippen LogP) is 1.45. The SMILES string of the molecule is CCc1nccn1[C@H]1CCCN(S(=O)(=O)C[C@H](C)OC)C1. The van der Waals surface area contributed by atoms with Crippen molar-refractivity contribution in [2.24, 2.45) is 0 Å². The average Bonchev–Trinajstić information content (AvgIpc) is 2.95. The van der Waals surface area contributed by atoms with Crippen LogP contribution in [0.1, 0.15) is 38.6 Å². The van der Waals surface area contributed by atoms with E-state index >= 15 is 0 Å². The molecule has 2 atom stereocenters. The fourth-order valence-corrected chi connectivity index (χ4v) is 4.57. The highest BCUT2D eigenvalue weighted by molar-refractivity contribution is 7.89. The molecule has 2 heterocycles. The zero-order valence-corrected chi connectivity index (χ0v) is 13.8. The summed E-state index contributed by atoms with van der Waals surface area (Å²) in [5.74, 6) is 1.06. The average molecular weight is 315 g/mol. The summed E-state index contributed by atoms with van der Waals surface area (Å²) in [6.45, 7) is 4.98. The van der Waals surface area contributed by atoms with Gasteiger partial charge in [-0.15, -0.1) is 0 Å². The molecule has 1 fully saturated rings. The Morgan fingerprint density at radius 1 is 1.52 bits per heavy atom. The Morgan fingerprint density at radius 2 is 2.29 bits per heavy atom. The van der Waals surface area contributed by atoms with Crippen LogP contribution in [0.5, 0.6) is 0 Å². The van der Waals surface area contributed by atoms with Gasteiger partial charge in [0, 0.05) is 45.1 Å². The van der Waals surface area contributed by atoms with Crippen molar-refractivity contribution in [2.45, 2.75) is 45.3 Å². The third-order valence-electron chi connectivity index (χ3n) is 4.06. The van der Waals surface area contributed by atoms with E-state index in [2.05, 4.69) is 16.5 Å². The number of hydrogen-bond acceptors (Lipinski definition) is 4. The van der Waals surface area contributed by atoms with Gasteiger partial charge in [-0.3, -0.25) is 0 Å². The molecular weight excluding hydrogens is 290 g/mol. The second-order valence-electron chi connectivity index (χ2n) is 5.58. The molecule has 1 aromatic heterocycles. The Morgan fingerprint density at radius 3 is 2.95 bits per heavy atom. The van der Waals surface area contributed by atoms with E-state index in [0.29, 0.717) is 13.1 Å². The number of rotatable bonds is 6. The van der Waals surface area contributed by atoms with Gasteiger partial charge in [0.25, 0.3) is 0 Å². The van der Waals surface area contributed by atoms with Gasteiger partial charge in [0.2, 0.25) is 10.0 Å². The topological polar surface area (TPSA) is 64.4 Å². The van der Waals surface area contributed by atoms with Crippen molar-refractivity contribution in [1.82, 2.24) is 13.9 Å². The summed E-state index contributed by atoms with van der Waals surface area (Å²) < 4.78 is 33.7. The molecule has 6 nitrogen and oxygen atoms in total. The Labute approximate surface area is 127 Å². The standard InChI is InChI=1S/C14H25N3O3S/c1-4-14-15-7-9-17(14)13-6-5-8-16(10-13)21(18,19)11-12(2)20-3/h7,9,12-13H,4-6,8,10-11H2,1-3H3/t12-,13-/m0/s1. The summed E-state index contributed by atoms with van der Waals surface area (Å²) in [7, 11) is -1.72. The first kappa shape index (κ1) is 16.5. The van der Waals surface area contributed by atoms with E-state index in [1.54, 1.807) is 17.4 Å². The van der Waals surface area contributed by atoms with Crippen LogP contribution in [0.15, 0.2) is 12.4 Å². The monoisotopic (exact) mass is 315 g/mol. The number of sulfonamides is 1. The van der Waals surface area contributed by atoms with Gasteiger partial charge in [0.1, 0.15) is 5.82 Å². The van der Waals surface area contributed by atoms with E-state index in [1.165, 1.54) is 7.11 Å². The number of methoxy groups -OCH3 is 1. The van der Waals surface area contributed by atoms with Crippen LogP contribution in [0, 0.1) is 0 Å². The molecule has 21 heavy (non-hydrogen) atoms. The van der Waals surface area contributed by atoms with Gasteiger partial charge < -0.3 is 9.30 Å². The number of aryl methyl sites for hydroxylation is 1. The van der Waals surface area contributed by atoms with E-state index in [-0.39, 0.29) is 17.9 Å². The minimum absolute atomic E-state index is 0.0424. The van der Waals surface area contributed by atoms with Gasteiger partial charge in [0.05, 0.1) is 11.9 Å². The molecule has 0 bridgehead atoms. The van der Waals surface area contributed by atoms with Crippen LogP contribution in [0.2, 0.25) is 0 Å². The normalized spacial score (nSPS) is 22.3. The van der Waals surface area contributed by atoms with Crippen LogP contribution in [0.3, 0.4) is 0 Å². The van der Waals surface area contributed by atoms with E-state index in [4.69, 9.17) is 4.74 Å². The molecule has 7 heteroatoms. The van der Waals surface area contributed by atoms with Crippen LogP contribution >= 0.6 is 0 Å². The van der Waals surface area contributed by atoms with Gasteiger partial charge in [-0.25, -0.2) is 13.4 Å². The molecule has 1 aliphatic rings. The zero-order valence-electron chi connectivity index (χ0n) is 13.0. The Bertz CT molecular complexity index is 556. The lowest BCUT2D eigenvalue weighted by molar-refractivity contribution is 0.134. The largest absolute Gasteiger partial charge is 0.381 e. The summed E-state index contributed by atoms with van der Waals surface area (Å²) in [6.07, 6.45) is 6.20. The van der Waals surface area contributed by atoms with E-state index in [1.807, 2.05) is 6.20 Å². The summed E-state index contributed by atoms with van der Waals surface area (Å²) >= 11 is 0. The second kappa shape index (κ2) is 6.89. The first-order valence-corrected chi connectivity index (χ1v) is 9.11. The van der Waals surface area contributed by atoms with Crippen molar-refractivity contribution < 1.29 is 13.2 Å². The van der Waals surface area contributed by atoms with Crippen LogP contribution < -0.4 is 0 Å². The summed E-state index contributed by atoms with van der Waals surface area (Å²) in [5.41, 5.74) is 0. The predicted molar refractivity (Wildman–Crippen MR) is 81.7 cm³/mol. The molecule has 0 N–H and O–H groups in total. The van der Waals surface area contributed by atoms with Crippen LogP contribution in [-0.2, 0) is 21.2 Å². The molecule has 0 unspecified atom stereocenters. The molecule has 1 aromatic rings. The van der Waals surface area contributed by atoms with Crippen molar-refractivity contribution >= 4 is 10.0 Å². The molecule has 0 amide bonds. The summed E-state index contributed by atoms with van der Waals surface area (Å²) in [6, 6.07) is 0.184. The third-order valence-corrected chi connectivity index (χ3v) is 6.07. The zero-order chi connectivity index (χ0) is 15.5. The molecule has 2 rings (SSSR count). The smallest absolute Gasteiger partial charge is 0.216 e. The lowest BCUT2D eigenvalue weighted by Gasteiger charge is -2.33. The number of ether oxygens (including phenoxy) is 1. The van der Waals surface area contributed by atoms with Gasteiger partial charge in [-0.05, 0) is 19.8 Å². The van der Waals surface area contributed by atoms with Crippen molar-refractivity contribution in [3.8, 4) is 0 Å². The van der Waals surface area contributed by atoms with Gasteiger partial charge >= 0.3 is 0 Å². The van der Waals surface area contributed by atoms with E-state index in [9.17, 15) is 8.42 Å². The Balaban J connectivity index is 2.10. The fourth-order valence-electron chi connectivity index (χ4n) is 2.82. The molecule has 0 aliphatic carbocycles. The molecule has 1 saturated heterocycles. The Hall–Kier alpha value is -0.920. The minimum atomic E-state index is -3.26. The second-order valence-corrected chi connectivity index (χ2v) is 7.60. The number of hydrogen-bond donors (Lipinski definition) is 0. The number of nitrogens with zero attached hydrogens (tertiary/aromatic N) is 3. The summed E-state index contributed by atoms with van der Waals surface area (Å²) in [4.78, 5) is 4.33. The highest BCUT2D eigenvalue weighted by Gasteiger charge is 2.31. The molecule has 0 saturated carbocycles. The molecule has 0 aromatic carbocycles. The minimum Gasteiger partial charge on any atom is -0.381 e. The molecule has 120 valence electrons. The van der Waals surface area contributed by atoms with Crippen molar-refractivity contribution in [3.63, 3.8) is 0 Å². The third kappa shape index (κ3) is 3.84. The maximum atomic E-state index is 12.4. The fraction of sp³-hybridized carbons (Fsp3) is 0.786. The lowest BCUT2D eigenvalue weighted by Crippen LogP contribution is -2.43. The van der Waals surface area contributed by atoms with E-state index in [0.717, 1.165) is 25.1 Å². The molecule has 0 spiro atoms. The van der Waals surface area contributed by atoms with E-state index < -0.39 is 10.0 Å². The van der Waals surface area contributed by atoms with Crippen LogP contribution in [-0.4, -0.2) is 54.3 Å². The van der Waals surface area contributed by atoms with Crippen LogP contribution in [0.4, 0.5) is 0 Å². The maximum Gasteiger partial charge on any atom is 0.216 e. The first-order chi connectivity index (χ1) is 9.97. The van der Waals surface area contributed by atoms with Crippen molar-refractivity contribution in [3.05, 3.63) is 18.2 Å². The summed E-state index contributed by atoms with van der Waals surface area (Å²) in [5, 5.41) is 0. The quantitative estimate of drug-likeness (QED) is 0.797. The molecular formula is C14H25N3O3S. The Kier molecular flexibility index (Phi) is 5.40. The van der Waals surface area contributed by atoms with Crippen LogP contribution in [0.25, 0.3) is 0 Å². The highest BCUT2D eigenvalue weighted by Crippen LogP contribution is 2.25. The lowest BCUT2D eigenvalue weighted by atomic mass is 10.1. The highest BCUT2D eigenvalue weighted by atomic mass is 32.2. The van der Waals surface area contributed by atoms with Gasteiger partial charge in [-0.2, -0.15) is 4.31 Å². The molecule has 1 aliphatic heterocycles.